The minimum Gasteiger partial charge on any atom is -0.508 e. The molecule has 0 radical (unpaired) electrons. The standard InChI is InChI=1S/C33H35F2N7O3.C31H34N8O3.C30H34N8O3/c1-3-28(44)42-13-12-39(16-22(42)9-10-36)31-25-17-41(18-27(25)37-32(38-31)45-19-40-11-5-6-20(40)2)30-24-15-23(43)14-21-7-4-8-26(29(21)24)33(30,34)35;1-3-27(40)39-16-15-36(17-23(39)11-12-32)29-25-18-38(30(41)24-10-4-8-22-9-5-13-33-28(22)24)19-26(25)34-31(35-29)42-20-37-14-6-7-21(37)2;1-3-27(39)38-13-12-35(16-22(38)9-10-31)28-25-17-37(29(40)23-8-4-7-21-14-32-15-24(21)23)18-26(25)33-30(34-28)41-19-36-11-5-6-20(36)2/h3-4,7-8,14-15,20,22,30,43H,1,5-6,9,11-13,16-19H2,2H3;3-5,8-10,13,21,23H,1,6-7,11,14-20H2,2H3;3-4,7-8,14,20,22H,1,5-6,9,11-13,15-19H2,2H3/t20?,22-,30?;21?,23-;20?,22-/m000/s1. The van der Waals surface area contributed by atoms with E-state index in [0.29, 0.717) is 186 Å². The molecular formula is C94H103F2N23O9. The minimum absolute atomic E-state index is 0.0478. The van der Waals surface area contributed by atoms with Gasteiger partial charge in [0.15, 0.2) is 0 Å². The molecule has 6 fully saturated rings. The Morgan fingerprint density at radius 2 is 0.953 bits per heavy atom. The molecule has 662 valence electrons. The number of hydrogen-bond donors (Lipinski definition) is 1. The van der Waals surface area contributed by atoms with Crippen molar-refractivity contribution < 1.29 is 52.1 Å². The summed E-state index contributed by atoms with van der Waals surface area (Å²) >= 11 is 0. The first-order chi connectivity index (χ1) is 62.1. The summed E-state index contributed by atoms with van der Waals surface area (Å²) in [5, 5.41) is 40.9. The number of aromatic nitrogens is 7. The lowest BCUT2D eigenvalue weighted by Gasteiger charge is -2.41. The number of likely N-dealkylation sites (tertiary alicyclic amines) is 3. The van der Waals surface area contributed by atoms with Crippen LogP contribution in [0.3, 0.4) is 0 Å². The van der Waals surface area contributed by atoms with Crippen molar-refractivity contribution in [2.75, 3.05) is 113 Å². The number of piperazine rings is 3. The zero-order valence-electron chi connectivity index (χ0n) is 72.2. The Labute approximate surface area is 741 Å². The number of aliphatic imine (C=N–C) groups is 1. The second kappa shape index (κ2) is 37.4. The predicted molar refractivity (Wildman–Crippen MR) is 471 cm³/mol. The van der Waals surface area contributed by atoms with Gasteiger partial charge in [0.05, 0.1) is 116 Å². The Morgan fingerprint density at radius 1 is 0.516 bits per heavy atom. The van der Waals surface area contributed by atoms with Gasteiger partial charge in [-0.3, -0.25) is 53.5 Å². The molecule has 0 spiro atoms. The third kappa shape index (κ3) is 17.4. The van der Waals surface area contributed by atoms with Crippen LogP contribution in [0.1, 0.15) is 161 Å². The molecule has 1 N–H and O–H groups in total. The lowest BCUT2D eigenvalue weighted by Crippen LogP contribution is -2.55. The fraction of sp³-hybridized carbons (Fsp3) is 0.447. The largest absolute Gasteiger partial charge is 0.508 e. The Bertz CT molecular complexity index is 5850. The van der Waals surface area contributed by atoms with E-state index in [4.69, 9.17) is 44.1 Å². The number of carbonyl (C=O) groups is 5. The second-order valence-electron chi connectivity index (χ2n) is 34.5. The van der Waals surface area contributed by atoms with E-state index in [1.54, 1.807) is 53.8 Å². The smallest absolute Gasteiger partial charge is 0.320 e. The lowest BCUT2D eigenvalue weighted by molar-refractivity contribution is -0.129. The Morgan fingerprint density at radius 3 is 1.42 bits per heavy atom. The number of anilines is 3. The molecular weight excluding hydrogens is 1630 g/mol. The van der Waals surface area contributed by atoms with Crippen LogP contribution in [0.4, 0.5) is 26.2 Å². The average molecular weight is 1740 g/mol. The normalized spacial score (nSPS) is 22.1. The van der Waals surface area contributed by atoms with Crippen molar-refractivity contribution in [3.05, 3.63) is 190 Å². The first kappa shape index (κ1) is 86.9. The van der Waals surface area contributed by atoms with E-state index in [1.165, 1.54) is 36.4 Å². The van der Waals surface area contributed by atoms with E-state index in [9.17, 15) is 44.9 Å². The molecule has 4 aromatic heterocycles. The second-order valence-corrected chi connectivity index (χ2v) is 34.5. The molecule has 10 aliphatic heterocycles. The predicted octanol–water partition coefficient (Wildman–Crippen LogP) is 10.1. The lowest BCUT2D eigenvalue weighted by atomic mass is 10.0. The summed E-state index contributed by atoms with van der Waals surface area (Å²) < 4.78 is 50.9. The molecule has 19 rings (SSSR count). The number of nitrogens with zero attached hydrogens (tertiary/aromatic N) is 23. The van der Waals surface area contributed by atoms with Crippen molar-refractivity contribution in [3.8, 4) is 42.0 Å². The van der Waals surface area contributed by atoms with Gasteiger partial charge in [-0.05, 0) is 135 Å². The highest BCUT2D eigenvalue weighted by Gasteiger charge is 2.54. The van der Waals surface area contributed by atoms with Gasteiger partial charge in [-0.25, -0.2) is 0 Å². The van der Waals surface area contributed by atoms with Crippen LogP contribution >= 0.6 is 0 Å². The van der Waals surface area contributed by atoms with Crippen LogP contribution in [0.2, 0.25) is 0 Å². The number of amides is 5. The molecule has 128 heavy (non-hydrogen) atoms. The van der Waals surface area contributed by atoms with Crippen molar-refractivity contribution >= 4 is 74.9 Å². The van der Waals surface area contributed by atoms with Gasteiger partial charge >= 0.3 is 18.0 Å². The number of carbonyl (C=O) groups excluding carboxylic acids is 5. The third-order valence-electron chi connectivity index (χ3n) is 26.8. The summed E-state index contributed by atoms with van der Waals surface area (Å²) in [6.07, 6.45) is 14.6. The summed E-state index contributed by atoms with van der Waals surface area (Å²) in [5.41, 5.74) is 8.71. The van der Waals surface area contributed by atoms with Crippen LogP contribution in [0.5, 0.6) is 23.8 Å². The van der Waals surface area contributed by atoms with Gasteiger partial charge in [0.1, 0.15) is 49.4 Å². The SMILES string of the molecule is C=CC(=O)N1CCN(c2nc(OCN3CCCC3C)nc3c2CN(C(=O)c2cccc4c2CN=C4)C3)C[C@@H]1CC#N.C=CC(=O)N1CCN(c2nc(OCN3CCCC3C)nc3c2CN(C(=O)c2cccc4cccnc24)C3)C[C@@H]1CC#N.C=CC(=O)N1CCN(c2nc(OCN3CCCC3C)nc3c2CN(C2c4cc(O)cc5cccc(c45)C2(F)F)C3)C[C@@H]1CC#N. The molecule has 0 saturated carbocycles. The number of para-hydroxylation sites is 1. The number of alkyl halides is 2. The van der Waals surface area contributed by atoms with Gasteiger partial charge in [-0.15, -0.1) is 0 Å². The highest BCUT2D eigenvalue weighted by atomic mass is 19.3. The molecule has 14 heterocycles. The molecule has 0 bridgehead atoms. The van der Waals surface area contributed by atoms with Crippen LogP contribution < -0.4 is 28.9 Å². The van der Waals surface area contributed by atoms with Crippen LogP contribution in [-0.2, 0) is 66.1 Å². The number of nitriles is 3. The fourth-order valence-corrected chi connectivity index (χ4v) is 20.0. The van der Waals surface area contributed by atoms with E-state index < -0.39 is 12.0 Å². The summed E-state index contributed by atoms with van der Waals surface area (Å²) in [4.78, 5) is 126. The number of fused-ring (bicyclic) bond motifs is 5. The fourth-order valence-electron chi connectivity index (χ4n) is 20.0. The van der Waals surface area contributed by atoms with E-state index >= 15 is 8.78 Å². The number of aromatic hydroxyl groups is 1. The number of phenols is 1. The van der Waals surface area contributed by atoms with Gasteiger partial charge in [0.2, 0.25) is 17.7 Å². The maximum atomic E-state index is 16.3. The number of pyridine rings is 1. The van der Waals surface area contributed by atoms with Gasteiger partial charge in [0, 0.05) is 155 Å². The highest BCUT2D eigenvalue weighted by Crippen LogP contribution is 2.57. The van der Waals surface area contributed by atoms with Crippen LogP contribution in [-0.4, -0.2) is 255 Å². The molecule has 4 aromatic carbocycles. The van der Waals surface area contributed by atoms with Crippen molar-refractivity contribution in [2.24, 2.45) is 4.99 Å². The Kier molecular flexibility index (Phi) is 25.4. The van der Waals surface area contributed by atoms with Crippen LogP contribution in [0, 0.1) is 34.0 Å². The molecule has 7 atom stereocenters. The molecule has 11 aliphatic rings. The number of halogens is 2. The zero-order valence-corrected chi connectivity index (χ0v) is 72.2. The van der Waals surface area contributed by atoms with E-state index in [0.717, 1.165) is 103 Å². The Hall–Kier alpha value is -13.2. The van der Waals surface area contributed by atoms with E-state index in [2.05, 4.69) is 93.2 Å². The highest BCUT2D eigenvalue weighted by molar-refractivity contribution is 6.06. The minimum atomic E-state index is -3.20. The number of hydrogen-bond acceptors (Lipinski definition) is 27. The van der Waals surface area contributed by atoms with Gasteiger partial charge in [0.25, 0.3) is 17.7 Å². The van der Waals surface area contributed by atoms with E-state index in [-0.39, 0.29) is 109 Å². The number of phenolic OH excluding ortho intramolecular Hbond substituents is 1. The van der Waals surface area contributed by atoms with Crippen molar-refractivity contribution in [3.63, 3.8) is 0 Å². The van der Waals surface area contributed by atoms with Crippen molar-refractivity contribution in [1.82, 2.24) is 79.0 Å². The summed E-state index contributed by atoms with van der Waals surface area (Å²) in [5.74, 6) is -2.10. The number of benzene rings is 4. The maximum absolute atomic E-state index is 16.3. The summed E-state index contributed by atoms with van der Waals surface area (Å²) in [6.45, 7) is 27.5. The monoisotopic (exact) mass is 1740 g/mol. The van der Waals surface area contributed by atoms with E-state index in [1.807, 2.05) is 53.6 Å². The summed E-state index contributed by atoms with van der Waals surface area (Å²) in [6, 6.07) is 29.2. The van der Waals surface area contributed by atoms with Crippen LogP contribution in [0.15, 0.2) is 128 Å². The molecule has 34 heteroatoms. The quantitative estimate of drug-likeness (QED) is 0.0653. The van der Waals surface area contributed by atoms with Crippen molar-refractivity contribution in [1.29, 1.82) is 15.8 Å². The average Bonchev–Trinajstić information content (AvgIpc) is 1.55. The van der Waals surface area contributed by atoms with Gasteiger partial charge in [-0.2, -0.15) is 54.5 Å². The molecule has 8 aromatic rings. The summed E-state index contributed by atoms with van der Waals surface area (Å²) in [7, 11) is 0. The zero-order chi connectivity index (χ0) is 89.2. The topological polar surface area (TPSA) is 346 Å². The number of ether oxygens (including phenoxy) is 3. The number of rotatable bonds is 21. The molecule has 5 amide bonds. The molecule has 32 nitrogen and oxygen atoms in total. The molecule has 1 aliphatic carbocycles. The van der Waals surface area contributed by atoms with Gasteiger partial charge < -0.3 is 58.5 Å². The van der Waals surface area contributed by atoms with Crippen LogP contribution in [0.25, 0.3) is 21.7 Å². The van der Waals surface area contributed by atoms with Crippen molar-refractivity contribution in [2.45, 2.75) is 173 Å². The first-order valence-electron chi connectivity index (χ1n) is 44.0. The maximum Gasteiger partial charge on any atom is 0.320 e. The van der Waals surface area contributed by atoms with Gasteiger partial charge in [-0.1, -0.05) is 68.3 Å². The third-order valence-corrected chi connectivity index (χ3v) is 26.8. The Balaban J connectivity index is 0.000000135. The molecule has 4 unspecified atom stereocenters. The first-order valence-corrected chi connectivity index (χ1v) is 44.0. The molecule has 6 saturated heterocycles.